The number of nitrogens with zero attached hydrogens (tertiary/aromatic N) is 3. The third-order valence-corrected chi connectivity index (χ3v) is 3.11. The number of amides is 1. The first-order valence-electron chi connectivity index (χ1n) is 6.81. The fraction of sp³-hybridized carbons (Fsp3) is 0.125. The lowest BCUT2D eigenvalue weighted by atomic mass is 10.1. The van der Waals surface area contributed by atoms with Crippen molar-refractivity contribution in [2.24, 2.45) is 0 Å². The smallest absolute Gasteiger partial charge is 0.224 e. The third kappa shape index (κ3) is 3.35. The van der Waals surface area contributed by atoms with Crippen LogP contribution in [0.5, 0.6) is 0 Å². The summed E-state index contributed by atoms with van der Waals surface area (Å²) >= 11 is 0. The van der Waals surface area contributed by atoms with Gasteiger partial charge < -0.3 is 9.73 Å². The van der Waals surface area contributed by atoms with E-state index in [1.807, 2.05) is 18.2 Å². The average Bonchev–Trinajstić information content (AvgIpc) is 3.08. The summed E-state index contributed by atoms with van der Waals surface area (Å²) in [4.78, 5) is 24.6. The molecule has 0 atom stereocenters. The summed E-state index contributed by atoms with van der Waals surface area (Å²) in [6, 6.07) is 5.49. The summed E-state index contributed by atoms with van der Waals surface area (Å²) in [7, 11) is 0. The minimum absolute atomic E-state index is 0.0863. The molecule has 0 radical (unpaired) electrons. The molecular weight excluding hydrogens is 280 g/mol. The lowest BCUT2D eigenvalue weighted by Crippen LogP contribution is -2.25. The normalized spacial score (nSPS) is 10.4. The van der Waals surface area contributed by atoms with E-state index in [4.69, 9.17) is 4.42 Å². The van der Waals surface area contributed by atoms with Crippen molar-refractivity contribution in [1.82, 2.24) is 20.3 Å². The second-order valence-electron chi connectivity index (χ2n) is 4.68. The van der Waals surface area contributed by atoms with Gasteiger partial charge in [-0.1, -0.05) is 6.07 Å². The summed E-state index contributed by atoms with van der Waals surface area (Å²) < 4.78 is 5.07. The predicted octanol–water partition coefficient (Wildman–Crippen LogP) is 1.99. The van der Waals surface area contributed by atoms with Gasteiger partial charge in [0, 0.05) is 30.4 Å². The van der Waals surface area contributed by atoms with E-state index in [0.29, 0.717) is 17.9 Å². The molecule has 6 heteroatoms. The molecular formula is C16H14N4O2. The van der Waals surface area contributed by atoms with Gasteiger partial charge in [0.1, 0.15) is 0 Å². The number of furan rings is 1. The Bertz CT molecular complexity index is 742. The Morgan fingerprint density at radius 1 is 1.18 bits per heavy atom. The maximum atomic E-state index is 12.0. The van der Waals surface area contributed by atoms with E-state index in [-0.39, 0.29) is 12.3 Å². The largest absolute Gasteiger partial charge is 0.472 e. The molecule has 110 valence electrons. The molecule has 0 aliphatic carbocycles. The van der Waals surface area contributed by atoms with Crippen LogP contribution in [0.25, 0.3) is 11.3 Å². The highest BCUT2D eigenvalue weighted by Gasteiger charge is 2.10. The fourth-order valence-corrected chi connectivity index (χ4v) is 2.07. The molecule has 3 aromatic heterocycles. The fourth-order valence-electron chi connectivity index (χ4n) is 2.07. The molecule has 0 bridgehead atoms. The van der Waals surface area contributed by atoms with Crippen LogP contribution in [0, 0.1) is 0 Å². The molecule has 0 fully saturated rings. The van der Waals surface area contributed by atoms with Crippen molar-refractivity contribution in [2.45, 2.75) is 13.0 Å². The highest BCUT2D eigenvalue weighted by Crippen LogP contribution is 2.19. The number of nitrogens with one attached hydrogen (secondary N) is 1. The molecule has 0 unspecified atom stereocenters. The summed E-state index contributed by atoms with van der Waals surface area (Å²) in [6.45, 7) is 0.313. The summed E-state index contributed by atoms with van der Waals surface area (Å²) in [5, 5.41) is 2.85. The van der Waals surface area contributed by atoms with Gasteiger partial charge in [0.25, 0.3) is 0 Å². The van der Waals surface area contributed by atoms with Crippen LogP contribution in [0.2, 0.25) is 0 Å². The molecule has 1 amide bonds. The number of carbonyl (C=O) groups excluding carboxylic acids is 1. The van der Waals surface area contributed by atoms with E-state index >= 15 is 0 Å². The van der Waals surface area contributed by atoms with Crippen LogP contribution in [0.3, 0.4) is 0 Å². The molecule has 3 heterocycles. The Morgan fingerprint density at radius 3 is 2.86 bits per heavy atom. The molecule has 0 aliphatic rings. The van der Waals surface area contributed by atoms with Gasteiger partial charge in [-0.3, -0.25) is 19.7 Å². The van der Waals surface area contributed by atoms with Gasteiger partial charge in [0.2, 0.25) is 5.91 Å². The summed E-state index contributed by atoms with van der Waals surface area (Å²) in [5.74, 6) is -0.0863. The van der Waals surface area contributed by atoms with Crippen LogP contribution in [0.1, 0.15) is 11.3 Å². The first-order valence-corrected chi connectivity index (χ1v) is 6.81. The minimum Gasteiger partial charge on any atom is -0.472 e. The highest BCUT2D eigenvalue weighted by molar-refractivity contribution is 5.78. The lowest BCUT2D eigenvalue weighted by molar-refractivity contribution is -0.120. The van der Waals surface area contributed by atoms with Gasteiger partial charge in [0.15, 0.2) is 0 Å². The quantitative estimate of drug-likeness (QED) is 0.778. The Kier molecular flexibility index (Phi) is 4.20. The van der Waals surface area contributed by atoms with Gasteiger partial charge in [-0.15, -0.1) is 0 Å². The zero-order chi connectivity index (χ0) is 15.2. The van der Waals surface area contributed by atoms with Crippen molar-refractivity contribution in [2.75, 3.05) is 0 Å². The monoisotopic (exact) mass is 294 g/mol. The average molecular weight is 294 g/mol. The van der Waals surface area contributed by atoms with Crippen molar-refractivity contribution >= 4 is 5.91 Å². The molecule has 0 spiro atoms. The van der Waals surface area contributed by atoms with E-state index in [1.54, 1.807) is 37.3 Å². The molecule has 0 saturated carbocycles. The lowest BCUT2D eigenvalue weighted by Gasteiger charge is -2.07. The van der Waals surface area contributed by atoms with Gasteiger partial charge >= 0.3 is 0 Å². The highest BCUT2D eigenvalue weighted by atomic mass is 16.3. The van der Waals surface area contributed by atoms with Crippen LogP contribution in [0.15, 0.2) is 59.9 Å². The predicted molar refractivity (Wildman–Crippen MR) is 79.5 cm³/mol. The molecule has 0 aliphatic heterocycles. The summed E-state index contributed by atoms with van der Waals surface area (Å²) in [6.07, 6.45) is 10.0. The molecule has 1 N–H and O–H groups in total. The Hall–Kier alpha value is -3.02. The zero-order valence-electron chi connectivity index (χ0n) is 11.8. The van der Waals surface area contributed by atoms with Crippen molar-refractivity contribution < 1.29 is 9.21 Å². The maximum Gasteiger partial charge on any atom is 0.224 e. The second-order valence-corrected chi connectivity index (χ2v) is 4.68. The van der Waals surface area contributed by atoms with E-state index < -0.39 is 0 Å². The molecule has 6 nitrogen and oxygen atoms in total. The molecule has 0 aromatic carbocycles. The van der Waals surface area contributed by atoms with Crippen LogP contribution in [-0.4, -0.2) is 20.9 Å². The van der Waals surface area contributed by atoms with Gasteiger partial charge in [-0.25, -0.2) is 0 Å². The Morgan fingerprint density at radius 2 is 2.09 bits per heavy atom. The third-order valence-electron chi connectivity index (χ3n) is 3.11. The van der Waals surface area contributed by atoms with Gasteiger partial charge in [-0.05, 0) is 17.7 Å². The standard InChI is InChI=1S/C16H14N4O2/c21-15(8-12-2-1-4-17-9-12)20-10-14-16(19-6-5-18-14)13-3-7-22-11-13/h1-7,9,11H,8,10H2,(H,20,21). The first kappa shape index (κ1) is 13.9. The molecule has 22 heavy (non-hydrogen) atoms. The SMILES string of the molecule is O=C(Cc1cccnc1)NCc1nccnc1-c1ccoc1. The number of hydrogen-bond donors (Lipinski definition) is 1. The van der Waals surface area contributed by atoms with Crippen molar-refractivity contribution in [1.29, 1.82) is 0 Å². The topological polar surface area (TPSA) is 80.9 Å². The summed E-state index contributed by atoms with van der Waals surface area (Å²) in [5.41, 5.74) is 3.11. The maximum absolute atomic E-state index is 12.0. The van der Waals surface area contributed by atoms with Crippen molar-refractivity contribution in [3.63, 3.8) is 0 Å². The van der Waals surface area contributed by atoms with Gasteiger partial charge in [0.05, 0.1) is 36.9 Å². The van der Waals surface area contributed by atoms with E-state index in [9.17, 15) is 4.79 Å². The Balaban J connectivity index is 1.66. The van der Waals surface area contributed by atoms with Crippen LogP contribution < -0.4 is 5.32 Å². The van der Waals surface area contributed by atoms with E-state index in [0.717, 1.165) is 11.1 Å². The van der Waals surface area contributed by atoms with Gasteiger partial charge in [-0.2, -0.15) is 0 Å². The van der Waals surface area contributed by atoms with Crippen LogP contribution in [0.4, 0.5) is 0 Å². The zero-order valence-corrected chi connectivity index (χ0v) is 11.8. The minimum atomic E-state index is -0.0863. The number of rotatable bonds is 5. The molecule has 3 aromatic rings. The second kappa shape index (κ2) is 6.62. The number of aromatic nitrogens is 3. The number of carbonyl (C=O) groups is 1. The van der Waals surface area contributed by atoms with Crippen LogP contribution >= 0.6 is 0 Å². The first-order chi connectivity index (χ1) is 10.8. The van der Waals surface area contributed by atoms with E-state index in [2.05, 4.69) is 20.3 Å². The Labute approximate surface area is 127 Å². The van der Waals surface area contributed by atoms with Crippen molar-refractivity contribution in [3.05, 3.63) is 66.8 Å². The van der Waals surface area contributed by atoms with E-state index in [1.165, 1.54) is 0 Å². The molecule has 0 saturated heterocycles. The number of pyridine rings is 1. The molecule has 3 rings (SSSR count). The van der Waals surface area contributed by atoms with Crippen LogP contribution in [-0.2, 0) is 17.8 Å². The number of hydrogen-bond acceptors (Lipinski definition) is 5. The van der Waals surface area contributed by atoms with Crippen molar-refractivity contribution in [3.8, 4) is 11.3 Å².